The zero-order valence-electron chi connectivity index (χ0n) is 19.3. The Morgan fingerprint density at radius 3 is 2.86 bits per heavy atom. The van der Waals surface area contributed by atoms with E-state index in [0.29, 0.717) is 34.3 Å². The first-order chi connectivity index (χ1) is 17.0. The van der Waals surface area contributed by atoms with Gasteiger partial charge >= 0.3 is 0 Å². The molecule has 35 heavy (non-hydrogen) atoms. The highest BCUT2D eigenvalue weighted by Gasteiger charge is 2.37. The molecule has 12 heteroatoms. The molecule has 0 saturated carbocycles. The molecule has 0 spiro atoms. The van der Waals surface area contributed by atoms with Crippen LogP contribution in [0.1, 0.15) is 33.4 Å². The number of carbonyl (C=O) groups excluding carboxylic acids is 1. The molecule has 2 aliphatic heterocycles. The number of aromatic nitrogens is 4. The van der Waals surface area contributed by atoms with Gasteiger partial charge in [0.1, 0.15) is 6.04 Å². The zero-order chi connectivity index (χ0) is 24.5. The third-order valence-corrected chi connectivity index (χ3v) is 6.22. The average molecular weight is 482 g/mol. The summed E-state index contributed by atoms with van der Waals surface area (Å²) in [6.45, 7) is 0.465. The van der Waals surface area contributed by atoms with Gasteiger partial charge in [-0.3, -0.25) is 9.69 Å². The molecule has 0 unspecified atom stereocenters. The monoisotopic (exact) mass is 482 g/mol. The largest absolute Gasteiger partial charge is 0.492 e. The maximum absolute atomic E-state index is 12.3. The molecule has 2 aliphatic rings. The molecule has 3 aromatic rings. The van der Waals surface area contributed by atoms with Crippen LogP contribution in [-0.2, 0) is 6.42 Å². The van der Waals surface area contributed by atoms with Crippen LogP contribution in [0.15, 0.2) is 30.3 Å². The number of amides is 1. The molecule has 2 atom stereocenters. The second kappa shape index (κ2) is 9.49. The fourth-order valence-corrected chi connectivity index (χ4v) is 4.44. The van der Waals surface area contributed by atoms with Gasteiger partial charge in [-0.2, -0.15) is 4.68 Å². The van der Waals surface area contributed by atoms with Crippen molar-refractivity contribution in [2.24, 2.45) is 0 Å². The number of methoxy groups -OCH3 is 1. The summed E-state index contributed by atoms with van der Waals surface area (Å²) in [5.74, 6) is 2.09. The van der Waals surface area contributed by atoms with Crippen LogP contribution in [0.3, 0.4) is 0 Å². The maximum Gasteiger partial charge on any atom is 0.251 e. The van der Waals surface area contributed by atoms with Crippen molar-refractivity contribution in [2.45, 2.75) is 18.6 Å². The van der Waals surface area contributed by atoms with E-state index < -0.39 is 12.7 Å². The quantitative estimate of drug-likeness (QED) is 0.423. The smallest absolute Gasteiger partial charge is 0.251 e. The summed E-state index contributed by atoms with van der Waals surface area (Å²) < 4.78 is 18.7. The third kappa shape index (κ3) is 4.16. The summed E-state index contributed by atoms with van der Waals surface area (Å²) in [7, 11) is 3.61. The van der Waals surface area contributed by atoms with Gasteiger partial charge in [-0.1, -0.05) is 0 Å². The number of hydrogen-bond acceptors (Lipinski definition) is 10. The van der Waals surface area contributed by atoms with Crippen molar-refractivity contribution < 1.29 is 29.2 Å². The second-order valence-electron chi connectivity index (χ2n) is 8.39. The summed E-state index contributed by atoms with van der Waals surface area (Å²) in [5, 5.41) is 33.4. The van der Waals surface area contributed by atoms with E-state index in [1.807, 2.05) is 13.1 Å². The molecule has 1 aromatic heterocycles. The molecule has 0 saturated heterocycles. The Bertz CT molecular complexity index is 1230. The topological polar surface area (TPSA) is 144 Å². The van der Waals surface area contributed by atoms with E-state index in [9.17, 15) is 9.90 Å². The molecule has 0 radical (unpaired) electrons. The normalized spacial score (nSPS) is 17.7. The highest BCUT2D eigenvalue weighted by atomic mass is 16.7. The van der Waals surface area contributed by atoms with Crippen molar-refractivity contribution in [3.63, 3.8) is 0 Å². The van der Waals surface area contributed by atoms with Crippen LogP contribution in [0.25, 0.3) is 5.69 Å². The fourth-order valence-electron chi connectivity index (χ4n) is 4.44. The molecule has 12 nitrogen and oxygen atoms in total. The minimum Gasteiger partial charge on any atom is -0.492 e. The van der Waals surface area contributed by atoms with Crippen molar-refractivity contribution in [1.29, 1.82) is 0 Å². The van der Waals surface area contributed by atoms with E-state index in [1.54, 1.807) is 36.1 Å². The number of rotatable bonds is 7. The summed E-state index contributed by atoms with van der Waals surface area (Å²) in [4.78, 5) is 14.5. The van der Waals surface area contributed by atoms with Gasteiger partial charge in [0.25, 0.3) is 5.91 Å². The van der Waals surface area contributed by atoms with Crippen LogP contribution in [0.4, 0.5) is 0 Å². The number of aliphatic hydroxyl groups is 2. The number of tetrazole rings is 1. The van der Waals surface area contributed by atoms with Gasteiger partial charge in [0.15, 0.2) is 17.3 Å². The second-order valence-corrected chi connectivity index (χ2v) is 8.39. The summed E-state index contributed by atoms with van der Waals surface area (Å²) >= 11 is 0. The molecule has 3 N–H and O–H groups in total. The minimum atomic E-state index is -1.01. The van der Waals surface area contributed by atoms with Crippen LogP contribution in [0.5, 0.6) is 17.2 Å². The van der Waals surface area contributed by atoms with E-state index in [2.05, 4.69) is 25.7 Å². The van der Waals surface area contributed by atoms with Crippen molar-refractivity contribution in [3.05, 3.63) is 52.8 Å². The van der Waals surface area contributed by atoms with Crippen molar-refractivity contribution >= 4 is 5.91 Å². The molecule has 3 heterocycles. The molecular formula is C23H26N6O6. The molecule has 0 aliphatic carbocycles. The van der Waals surface area contributed by atoms with Crippen molar-refractivity contribution in [2.75, 3.05) is 40.6 Å². The first kappa shape index (κ1) is 23.0. The maximum atomic E-state index is 12.3. The summed E-state index contributed by atoms with van der Waals surface area (Å²) in [6, 6.07) is 8.49. The molecular weight excluding hydrogens is 456 g/mol. The number of carbonyl (C=O) groups is 1. The van der Waals surface area contributed by atoms with E-state index in [1.165, 1.54) is 0 Å². The number of fused-ring (bicyclic) bond motifs is 2. The van der Waals surface area contributed by atoms with Crippen LogP contribution >= 0.6 is 0 Å². The van der Waals surface area contributed by atoms with Gasteiger partial charge in [-0.25, -0.2) is 0 Å². The number of aliphatic hydroxyl groups excluding tert-OH is 2. The lowest BCUT2D eigenvalue weighted by Gasteiger charge is -2.34. The van der Waals surface area contributed by atoms with E-state index in [0.717, 1.165) is 24.1 Å². The molecule has 0 fully saturated rings. The lowest BCUT2D eigenvalue weighted by molar-refractivity contribution is 0.0802. The Morgan fingerprint density at radius 2 is 2.11 bits per heavy atom. The van der Waals surface area contributed by atoms with Crippen LogP contribution in [0, 0.1) is 0 Å². The van der Waals surface area contributed by atoms with Gasteiger partial charge < -0.3 is 29.7 Å². The van der Waals surface area contributed by atoms with Crippen LogP contribution in [-0.4, -0.2) is 88.0 Å². The van der Waals surface area contributed by atoms with Crippen LogP contribution < -0.4 is 19.5 Å². The highest BCUT2D eigenvalue weighted by Crippen LogP contribution is 2.50. The number of ether oxygens (including phenoxy) is 3. The summed E-state index contributed by atoms with van der Waals surface area (Å²) in [6.07, 6.45) is -0.196. The Kier molecular flexibility index (Phi) is 6.24. The van der Waals surface area contributed by atoms with Gasteiger partial charge in [0.05, 0.1) is 25.5 Å². The first-order valence-electron chi connectivity index (χ1n) is 11.2. The third-order valence-electron chi connectivity index (χ3n) is 6.22. The van der Waals surface area contributed by atoms with Crippen LogP contribution in [0.2, 0.25) is 0 Å². The number of benzene rings is 2. The minimum absolute atomic E-state index is 0.0397. The number of nitrogens with one attached hydrogen (secondary N) is 1. The Labute approximate surface area is 201 Å². The molecule has 184 valence electrons. The predicted octanol–water partition coefficient (Wildman–Crippen LogP) is 0.0599. The van der Waals surface area contributed by atoms with Crippen molar-refractivity contribution in [3.8, 4) is 22.9 Å². The van der Waals surface area contributed by atoms with Gasteiger partial charge in [-0.05, 0) is 59.8 Å². The van der Waals surface area contributed by atoms with Gasteiger partial charge in [0.2, 0.25) is 12.5 Å². The van der Waals surface area contributed by atoms with E-state index in [-0.39, 0.29) is 25.3 Å². The standard InChI is InChI=1S/C23H26N6O6/c1-28-8-7-14-9-17-20(35-12-34-17)21(33-2)18(14)19(28)22-25-26-27-29(22)15-5-3-13(4-6-15)23(32)24-10-16(31)11-30/h3-6,9,16,19,30-31H,7-8,10-12H2,1-2H3,(H,24,32)/t16-,19+/m1/s1. The Morgan fingerprint density at radius 1 is 1.31 bits per heavy atom. The van der Waals surface area contributed by atoms with E-state index >= 15 is 0 Å². The number of hydrogen-bond donors (Lipinski definition) is 3. The lowest BCUT2D eigenvalue weighted by Crippen LogP contribution is -2.35. The summed E-state index contributed by atoms with van der Waals surface area (Å²) in [5.41, 5.74) is 3.10. The Balaban J connectivity index is 1.48. The number of likely N-dealkylation sites (N-methyl/N-ethyl adjacent to an activating group) is 1. The van der Waals surface area contributed by atoms with Gasteiger partial charge in [0, 0.05) is 24.2 Å². The average Bonchev–Trinajstić information content (AvgIpc) is 3.55. The fraction of sp³-hybridized carbons (Fsp3) is 0.391. The Hall–Kier alpha value is -3.74. The van der Waals surface area contributed by atoms with E-state index in [4.69, 9.17) is 19.3 Å². The SMILES string of the molecule is COc1c2c(cc3c1[C@@H](c1nnnn1-c1ccc(C(=O)NC[C@@H](O)CO)cc1)N(C)CC3)OCO2. The predicted molar refractivity (Wildman–Crippen MR) is 122 cm³/mol. The first-order valence-corrected chi connectivity index (χ1v) is 11.2. The molecule has 0 bridgehead atoms. The lowest BCUT2D eigenvalue weighted by atomic mass is 9.90. The molecule has 2 aromatic carbocycles. The number of nitrogens with zero attached hydrogens (tertiary/aromatic N) is 5. The zero-order valence-corrected chi connectivity index (χ0v) is 19.3. The molecule has 5 rings (SSSR count). The molecule has 1 amide bonds. The van der Waals surface area contributed by atoms with Gasteiger partial charge in [-0.15, -0.1) is 5.10 Å². The van der Waals surface area contributed by atoms with Crippen molar-refractivity contribution in [1.82, 2.24) is 30.4 Å². The highest BCUT2D eigenvalue weighted by molar-refractivity contribution is 5.94.